The molecule has 2 heterocycles. The fourth-order valence-corrected chi connectivity index (χ4v) is 4.12. The van der Waals surface area contributed by atoms with Crippen molar-refractivity contribution in [2.24, 2.45) is 0 Å². The van der Waals surface area contributed by atoms with Crippen molar-refractivity contribution >= 4 is 49.7 Å². The molecule has 28 heavy (non-hydrogen) atoms. The van der Waals surface area contributed by atoms with Crippen LogP contribution in [0.2, 0.25) is 0 Å². The molecule has 0 spiro atoms. The first-order valence-electron chi connectivity index (χ1n) is 8.63. The summed E-state index contributed by atoms with van der Waals surface area (Å²) < 4.78 is 10.5. The van der Waals surface area contributed by atoms with E-state index in [2.05, 4.69) is 5.32 Å². The van der Waals surface area contributed by atoms with Crippen LogP contribution in [0.3, 0.4) is 0 Å². The van der Waals surface area contributed by atoms with Gasteiger partial charge < -0.3 is 20.5 Å². The molecule has 0 unspecified atom stereocenters. The summed E-state index contributed by atoms with van der Waals surface area (Å²) in [6.45, 7) is 2.02. The van der Waals surface area contributed by atoms with E-state index in [1.54, 1.807) is 32.4 Å². The van der Waals surface area contributed by atoms with E-state index in [0.717, 1.165) is 26.7 Å². The minimum Gasteiger partial charge on any atom is -0.493 e. The molecule has 0 aliphatic rings. The summed E-state index contributed by atoms with van der Waals surface area (Å²) in [6, 6.07) is 13.2. The van der Waals surface area contributed by atoms with Gasteiger partial charge in [0.25, 0.3) is 5.91 Å². The highest BCUT2D eigenvalue weighted by molar-refractivity contribution is 7.21. The molecule has 4 rings (SSSR count). The smallest absolute Gasteiger partial charge is 0.267 e. The number of anilines is 2. The normalized spacial score (nSPS) is 11.0. The summed E-state index contributed by atoms with van der Waals surface area (Å²) in [4.78, 5) is 18.7. The van der Waals surface area contributed by atoms with Gasteiger partial charge in [-0.2, -0.15) is 0 Å². The monoisotopic (exact) mass is 393 g/mol. The molecule has 0 fully saturated rings. The number of pyridine rings is 1. The number of ether oxygens (including phenoxy) is 2. The third kappa shape index (κ3) is 2.99. The van der Waals surface area contributed by atoms with E-state index in [0.29, 0.717) is 27.8 Å². The van der Waals surface area contributed by atoms with Crippen molar-refractivity contribution in [3.8, 4) is 11.5 Å². The fraction of sp³-hybridized carbons (Fsp3) is 0.143. The molecule has 0 atom stereocenters. The maximum Gasteiger partial charge on any atom is 0.267 e. The number of aryl methyl sites for hydroxylation is 1. The summed E-state index contributed by atoms with van der Waals surface area (Å²) in [6.07, 6.45) is 0. The average Bonchev–Trinajstić information content (AvgIpc) is 3.03. The largest absolute Gasteiger partial charge is 0.493 e. The minimum atomic E-state index is -0.284. The van der Waals surface area contributed by atoms with Crippen LogP contribution in [0.4, 0.5) is 11.4 Å². The highest BCUT2D eigenvalue weighted by atomic mass is 32.1. The zero-order valence-corrected chi connectivity index (χ0v) is 16.5. The maximum atomic E-state index is 12.8. The topological polar surface area (TPSA) is 86.5 Å². The second kappa shape index (κ2) is 7.01. The number of aromatic nitrogens is 1. The number of rotatable bonds is 4. The number of para-hydroxylation sites is 1. The van der Waals surface area contributed by atoms with Crippen LogP contribution in [0.15, 0.2) is 42.5 Å². The summed E-state index contributed by atoms with van der Waals surface area (Å²) in [5.41, 5.74) is 9.32. The summed E-state index contributed by atoms with van der Waals surface area (Å²) in [5.74, 6) is 0.842. The van der Waals surface area contributed by atoms with Crippen LogP contribution in [0.25, 0.3) is 21.1 Å². The first-order valence-corrected chi connectivity index (χ1v) is 9.45. The number of hydrogen-bond donors (Lipinski definition) is 2. The van der Waals surface area contributed by atoms with Crippen LogP contribution in [0.5, 0.6) is 11.5 Å². The van der Waals surface area contributed by atoms with Gasteiger partial charge in [-0.1, -0.05) is 18.2 Å². The van der Waals surface area contributed by atoms with Crippen LogP contribution < -0.4 is 20.5 Å². The Morgan fingerprint density at radius 1 is 1.11 bits per heavy atom. The van der Waals surface area contributed by atoms with Gasteiger partial charge in [0.15, 0.2) is 11.5 Å². The number of thiophene rings is 1. The lowest BCUT2D eigenvalue weighted by atomic mass is 10.1. The van der Waals surface area contributed by atoms with Crippen molar-refractivity contribution in [1.29, 1.82) is 0 Å². The standard InChI is InChI=1S/C21H19N3O3S/c1-11-5-4-6-12-9-14-17(22)19(28-21(14)24-18(11)12)20(25)23-13-7-8-15(26-2)16(10-13)27-3/h4-10H,22H2,1-3H3,(H,23,25). The Balaban J connectivity index is 1.72. The van der Waals surface area contributed by atoms with Crippen LogP contribution in [0, 0.1) is 6.92 Å². The minimum absolute atomic E-state index is 0.284. The maximum absolute atomic E-state index is 12.8. The molecule has 1 amide bonds. The van der Waals surface area contributed by atoms with Crippen LogP contribution >= 0.6 is 11.3 Å². The first-order chi connectivity index (χ1) is 13.5. The zero-order chi connectivity index (χ0) is 19.8. The Labute approximate surface area is 165 Å². The highest BCUT2D eigenvalue weighted by Gasteiger charge is 2.19. The molecular weight excluding hydrogens is 374 g/mol. The number of carbonyl (C=O) groups is 1. The molecule has 0 saturated carbocycles. The summed E-state index contributed by atoms with van der Waals surface area (Å²) in [7, 11) is 3.11. The quantitative estimate of drug-likeness (QED) is 0.529. The Hall–Kier alpha value is -3.32. The molecule has 0 aliphatic heterocycles. The van der Waals surface area contributed by atoms with Crippen molar-refractivity contribution in [1.82, 2.24) is 4.98 Å². The molecule has 2 aromatic heterocycles. The molecular formula is C21H19N3O3S. The number of amides is 1. The van der Waals surface area contributed by atoms with E-state index in [9.17, 15) is 4.79 Å². The number of nitrogens with two attached hydrogens (primary N) is 1. The van der Waals surface area contributed by atoms with E-state index in [-0.39, 0.29) is 5.91 Å². The van der Waals surface area contributed by atoms with Gasteiger partial charge in [-0.25, -0.2) is 4.98 Å². The lowest BCUT2D eigenvalue weighted by Crippen LogP contribution is -2.12. The second-order valence-corrected chi connectivity index (χ2v) is 7.36. The van der Waals surface area contributed by atoms with Gasteiger partial charge in [0, 0.05) is 22.5 Å². The predicted octanol–water partition coefficient (Wildman–Crippen LogP) is 4.61. The lowest BCUT2D eigenvalue weighted by Gasteiger charge is -2.10. The van der Waals surface area contributed by atoms with Gasteiger partial charge in [-0.15, -0.1) is 11.3 Å². The van der Waals surface area contributed by atoms with E-state index < -0.39 is 0 Å². The Morgan fingerprint density at radius 2 is 1.89 bits per heavy atom. The van der Waals surface area contributed by atoms with Gasteiger partial charge in [-0.05, 0) is 30.7 Å². The van der Waals surface area contributed by atoms with Gasteiger partial charge in [0.2, 0.25) is 0 Å². The molecule has 0 radical (unpaired) electrons. The van der Waals surface area contributed by atoms with E-state index in [4.69, 9.17) is 20.2 Å². The molecule has 0 saturated heterocycles. The fourth-order valence-electron chi connectivity index (χ4n) is 3.15. The van der Waals surface area contributed by atoms with Gasteiger partial charge >= 0.3 is 0 Å². The number of fused-ring (bicyclic) bond motifs is 2. The van der Waals surface area contributed by atoms with E-state index in [1.807, 2.05) is 31.2 Å². The molecule has 3 N–H and O–H groups in total. The number of nitrogen functional groups attached to an aromatic ring is 1. The summed E-state index contributed by atoms with van der Waals surface area (Å²) >= 11 is 1.29. The first kappa shape index (κ1) is 18.1. The number of hydrogen-bond acceptors (Lipinski definition) is 6. The van der Waals surface area contributed by atoms with Crippen molar-refractivity contribution in [3.63, 3.8) is 0 Å². The number of carbonyl (C=O) groups excluding carboxylic acids is 1. The van der Waals surface area contributed by atoms with Crippen molar-refractivity contribution < 1.29 is 14.3 Å². The molecule has 0 aliphatic carbocycles. The molecule has 6 nitrogen and oxygen atoms in total. The highest BCUT2D eigenvalue weighted by Crippen LogP contribution is 2.36. The molecule has 0 bridgehead atoms. The van der Waals surface area contributed by atoms with Gasteiger partial charge in [0.1, 0.15) is 9.71 Å². The van der Waals surface area contributed by atoms with Crippen molar-refractivity contribution in [3.05, 3.63) is 52.9 Å². The lowest BCUT2D eigenvalue weighted by molar-refractivity contribution is 0.103. The molecule has 7 heteroatoms. The third-order valence-electron chi connectivity index (χ3n) is 4.59. The SMILES string of the molecule is COc1ccc(NC(=O)c2sc3nc4c(C)cccc4cc3c2N)cc1OC. The molecule has 2 aromatic carbocycles. The third-order valence-corrected chi connectivity index (χ3v) is 5.71. The van der Waals surface area contributed by atoms with Crippen LogP contribution in [0.1, 0.15) is 15.2 Å². The second-order valence-electron chi connectivity index (χ2n) is 6.36. The predicted molar refractivity (Wildman–Crippen MR) is 114 cm³/mol. The van der Waals surface area contributed by atoms with Gasteiger partial charge in [0.05, 0.1) is 25.4 Å². The van der Waals surface area contributed by atoms with Crippen LogP contribution in [-0.4, -0.2) is 25.1 Å². The molecule has 142 valence electrons. The number of nitrogens with one attached hydrogen (secondary N) is 1. The number of methoxy groups -OCH3 is 2. The Bertz CT molecular complexity index is 1220. The Morgan fingerprint density at radius 3 is 2.64 bits per heavy atom. The summed E-state index contributed by atoms with van der Waals surface area (Å²) in [5, 5.41) is 4.66. The Kier molecular flexibility index (Phi) is 4.52. The van der Waals surface area contributed by atoms with Crippen LogP contribution in [-0.2, 0) is 0 Å². The average molecular weight is 393 g/mol. The van der Waals surface area contributed by atoms with Crippen molar-refractivity contribution in [2.45, 2.75) is 6.92 Å². The van der Waals surface area contributed by atoms with E-state index in [1.165, 1.54) is 11.3 Å². The molecule has 4 aromatic rings. The van der Waals surface area contributed by atoms with E-state index >= 15 is 0 Å². The van der Waals surface area contributed by atoms with Crippen molar-refractivity contribution in [2.75, 3.05) is 25.3 Å². The van der Waals surface area contributed by atoms with Gasteiger partial charge in [-0.3, -0.25) is 4.79 Å². The number of nitrogens with zero attached hydrogens (tertiary/aromatic N) is 1. The number of benzene rings is 2. The zero-order valence-electron chi connectivity index (χ0n) is 15.7.